The second kappa shape index (κ2) is 6.81. The van der Waals surface area contributed by atoms with E-state index in [0.29, 0.717) is 5.69 Å². The minimum atomic E-state index is -1.22. The molecule has 2 amide bonds. The Bertz CT molecular complexity index is 434. The maximum atomic E-state index is 11.5. The average Bonchev–Trinajstić information content (AvgIpc) is 2.37. The van der Waals surface area contributed by atoms with Crippen molar-refractivity contribution in [2.75, 3.05) is 25.6 Å². The van der Waals surface area contributed by atoms with Gasteiger partial charge in [0.25, 0.3) is 0 Å². The Morgan fingerprint density at radius 1 is 1.47 bits per heavy atom. The van der Waals surface area contributed by atoms with Crippen LogP contribution in [0.3, 0.4) is 0 Å². The summed E-state index contributed by atoms with van der Waals surface area (Å²) in [4.78, 5) is 26.8. The van der Waals surface area contributed by atoms with Crippen molar-refractivity contribution in [1.29, 1.82) is 0 Å². The first-order valence-corrected chi connectivity index (χ1v) is 5.65. The predicted octanol–water partition coefficient (Wildman–Crippen LogP) is -0.466. The van der Waals surface area contributed by atoms with Crippen molar-refractivity contribution < 1.29 is 19.4 Å². The zero-order valence-corrected chi connectivity index (χ0v) is 10.8. The molecule has 0 aliphatic carbocycles. The van der Waals surface area contributed by atoms with Crippen molar-refractivity contribution in [1.82, 2.24) is 10.3 Å². The first kappa shape index (κ1) is 15.1. The van der Waals surface area contributed by atoms with Crippen molar-refractivity contribution in [3.05, 3.63) is 24.5 Å². The first-order chi connectivity index (χ1) is 8.94. The van der Waals surface area contributed by atoms with Gasteiger partial charge in [0, 0.05) is 19.9 Å². The second-order valence-electron chi connectivity index (χ2n) is 4.31. The van der Waals surface area contributed by atoms with Crippen molar-refractivity contribution in [2.24, 2.45) is 0 Å². The van der Waals surface area contributed by atoms with Crippen molar-refractivity contribution in [2.45, 2.75) is 12.5 Å². The van der Waals surface area contributed by atoms with Gasteiger partial charge in [-0.05, 0) is 19.1 Å². The molecule has 1 heterocycles. The number of methoxy groups -OCH3 is 1. The summed E-state index contributed by atoms with van der Waals surface area (Å²) in [6, 6.07) is 3.25. The van der Waals surface area contributed by atoms with Gasteiger partial charge in [0.2, 0.25) is 0 Å². The van der Waals surface area contributed by atoms with Gasteiger partial charge >= 0.3 is 11.8 Å². The number of anilines is 1. The van der Waals surface area contributed by atoms with Gasteiger partial charge in [-0.1, -0.05) is 0 Å². The maximum Gasteiger partial charge on any atom is 0.313 e. The lowest BCUT2D eigenvalue weighted by Crippen LogP contribution is -2.46. The molecule has 1 unspecified atom stereocenters. The van der Waals surface area contributed by atoms with Crippen LogP contribution in [0.1, 0.15) is 6.92 Å². The molecule has 3 N–H and O–H groups in total. The van der Waals surface area contributed by atoms with E-state index in [1.54, 1.807) is 18.3 Å². The summed E-state index contributed by atoms with van der Waals surface area (Å²) in [7, 11) is 1.44. The van der Waals surface area contributed by atoms with Gasteiger partial charge in [-0.2, -0.15) is 0 Å². The van der Waals surface area contributed by atoms with E-state index in [4.69, 9.17) is 4.74 Å². The molecule has 0 aliphatic rings. The Morgan fingerprint density at radius 3 is 2.79 bits per heavy atom. The van der Waals surface area contributed by atoms with E-state index in [9.17, 15) is 14.7 Å². The summed E-state index contributed by atoms with van der Waals surface area (Å²) in [6.07, 6.45) is 2.98. The van der Waals surface area contributed by atoms with E-state index in [2.05, 4.69) is 15.6 Å². The molecule has 19 heavy (non-hydrogen) atoms. The fourth-order valence-corrected chi connectivity index (χ4v) is 1.34. The molecule has 0 fully saturated rings. The highest BCUT2D eigenvalue weighted by atomic mass is 16.5. The summed E-state index contributed by atoms with van der Waals surface area (Å²) in [5.41, 5.74) is -0.801. The predicted molar refractivity (Wildman–Crippen MR) is 68.4 cm³/mol. The third-order valence-corrected chi connectivity index (χ3v) is 2.21. The molecule has 0 radical (unpaired) electrons. The van der Waals surface area contributed by atoms with Crippen LogP contribution >= 0.6 is 0 Å². The Kier molecular flexibility index (Phi) is 5.40. The van der Waals surface area contributed by atoms with Gasteiger partial charge in [0.15, 0.2) is 0 Å². The van der Waals surface area contributed by atoms with Gasteiger partial charge in [-0.25, -0.2) is 0 Å². The largest absolute Gasteiger partial charge is 0.386 e. The van der Waals surface area contributed by atoms with Crippen LogP contribution in [-0.2, 0) is 14.3 Å². The molecule has 0 saturated heterocycles. The molecular weight excluding hydrogens is 250 g/mol. The number of ether oxygens (including phenoxy) is 1. The minimum Gasteiger partial charge on any atom is -0.386 e. The Hall–Kier alpha value is -1.99. The standard InChI is InChI=1S/C12H17N3O4/c1-12(18,8-19-2)7-14-10(16)11(17)15-9-4-3-5-13-6-9/h3-6,18H,7-8H2,1-2H3,(H,14,16)(H,15,17). The number of rotatable bonds is 5. The van der Waals surface area contributed by atoms with E-state index in [-0.39, 0.29) is 13.2 Å². The number of amides is 2. The number of hydrogen-bond donors (Lipinski definition) is 3. The van der Waals surface area contributed by atoms with Gasteiger partial charge in [-0.3, -0.25) is 14.6 Å². The highest BCUT2D eigenvalue weighted by Gasteiger charge is 2.23. The second-order valence-corrected chi connectivity index (χ2v) is 4.31. The minimum absolute atomic E-state index is 0.0531. The van der Waals surface area contributed by atoms with Crippen LogP contribution in [0.25, 0.3) is 0 Å². The molecule has 0 aromatic carbocycles. The number of pyridine rings is 1. The van der Waals surface area contributed by atoms with Crippen LogP contribution in [0.4, 0.5) is 5.69 Å². The number of hydrogen-bond acceptors (Lipinski definition) is 5. The maximum absolute atomic E-state index is 11.5. The highest BCUT2D eigenvalue weighted by Crippen LogP contribution is 2.03. The number of aliphatic hydroxyl groups is 1. The highest BCUT2D eigenvalue weighted by molar-refractivity contribution is 6.39. The SMILES string of the molecule is COCC(C)(O)CNC(=O)C(=O)Nc1cccnc1. The van der Waals surface area contributed by atoms with Gasteiger partial charge in [0.1, 0.15) is 5.60 Å². The summed E-state index contributed by atoms with van der Waals surface area (Å²) in [5, 5.41) is 14.5. The van der Waals surface area contributed by atoms with Crippen LogP contribution in [0.2, 0.25) is 0 Å². The van der Waals surface area contributed by atoms with Gasteiger partial charge in [0.05, 0.1) is 18.5 Å². The monoisotopic (exact) mass is 267 g/mol. The van der Waals surface area contributed by atoms with E-state index < -0.39 is 17.4 Å². The number of carbonyl (C=O) groups excluding carboxylic acids is 2. The third-order valence-electron chi connectivity index (χ3n) is 2.21. The number of aromatic nitrogens is 1. The third kappa shape index (κ3) is 5.45. The Morgan fingerprint density at radius 2 is 2.21 bits per heavy atom. The van der Waals surface area contributed by atoms with E-state index in [1.165, 1.54) is 20.2 Å². The van der Waals surface area contributed by atoms with Crippen molar-refractivity contribution >= 4 is 17.5 Å². The zero-order valence-electron chi connectivity index (χ0n) is 10.8. The summed E-state index contributed by atoms with van der Waals surface area (Å²) in [5.74, 6) is -1.65. The van der Waals surface area contributed by atoms with Crippen LogP contribution in [0.15, 0.2) is 24.5 Å². The fraction of sp³-hybridized carbons (Fsp3) is 0.417. The van der Waals surface area contributed by atoms with Crippen LogP contribution in [0.5, 0.6) is 0 Å². The van der Waals surface area contributed by atoms with Crippen LogP contribution in [0, 0.1) is 0 Å². The summed E-state index contributed by atoms with van der Waals surface area (Å²) < 4.78 is 4.78. The van der Waals surface area contributed by atoms with Crippen molar-refractivity contribution in [3.63, 3.8) is 0 Å². The van der Waals surface area contributed by atoms with E-state index in [0.717, 1.165) is 0 Å². The average molecular weight is 267 g/mol. The molecular formula is C12H17N3O4. The summed E-state index contributed by atoms with van der Waals surface area (Å²) >= 11 is 0. The molecule has 7 heteroatoms. The van der Waals surface area contributed by atoms with E-state index >= 15 is 0 Å². The smallest absolute Gasteiger partial charge is 0.313 e. The molecule has 0 bridgehead atoms. The Balaban J connectivity index is 2.44. The molecule has 1 rings (SSSR count). The molecule has 1 aromatic heterocycles. The lowest BCUT2D eigenvalue weighted by atomic mass is 10.1. The molecule has 7 nitrogen and oxygen atoms in total. The lowest BCUT2D eigenvalue weighted by molar-refractivity contribution is -0.137. The van der Waals surface area contributed by atoms with E-state index in [1.807, 2.05) is 0 Å². The zero-order chi connectivity index (χ0) is 14.3. The van der Waals surface area contributed by atoms with Crippen LogP contribution < -0.4 is 10.6 Å². The molecule has 104 valence electrons. The first-order valence-electron chi connectivity index (χ1n) is 5.65. The number of carbonyl (C=O) groups is 2. The number of nitrogens with zero attached hydrogens (tertiary/aromatic N) is 1. The molecule has 0 spiro atoms. The molecule has 1 aromatic rings. The number of nitrogens with one attached hydrogen (secondary N) is 2. The van der Waals surface area contributed by atoms with Gasteiger partial charge < -0.3 is 20.5 Å². The lowest BCUT2D eigenvalue weighted by Gasteiger charge is -2.22. The fourth-order valence-electron chi connectivity index (χ4n) is 1.34. The van der Waals surface area contributed by atoms with Crippen molar-refractivity contribution in [3.8, 4) is 0 Å². The normalized spacial score (nSPS) is 13.4. The molecule has 0 saturated carbocycles. The van der Waals surface area contributed by atoms with Gasteiger partial charge in [-0.15, -0.1) is 0 Å². The summed E-state index contributed by atoms with van der Waals surface area (Å²) in [6.45, 7) is 1.47. The molecule has 0 aliphatic heterocycles. The topological polar surface area (TPSA) is 101 Å². The quantitative estimate of drug-likeness (QED) is 0.626. The Labute approximate surface area is 111 Å². The molecule has 1 atom stereocenters. The van der Waals surface area contributed by atoms with Crippen LogP contribution in [-0.4, -0.2) is 47.8 Å².